The Hall–Kier alpha value is -6.24. The van der Waals surface area contributed by atoms with E-state index in [2.05, 4.69) is 132 Å². The van der Waals surface area contributed by atoms with Gasteiger partial charge in [0.1, 0.15) is 5.65 Å². The second-order valence-corrected chi connectivity index (χ2v) is 15.7. The predicted octanol–water partition coefficient (Wildman–Crippen LogP) is 6.54. The van der Waals surface area contributed by atoms with Crippen LogP contribution in [0.1, 0.15) is 0 Å². The quantitative estimate of drug-likeness (QED) is 0.155. The van der Waals surface area contributed by atoms with Gasteiger partial charge >= 0.3 is 0 Å². The Morgan fingerprint density at radius 3 is 1.62 bits per heavy atom. The molecule has 3 heterocycles. The fraction of sp³-hybridized carbons (Fsp3) is 0. The zero-order valence-corrected chi connectivity index (χ0v) is 27.0. The average Bonchev–Trinajstić information content (AvgIpc) is 3.57. The molecule has 0 spiro atoms. The molecule has 6 heteroatoms. The van der Waals surface area contributed by atoms with Gasteiger partial charge in [0.05, 0.1) is 22.2 Å². The van der Waals surface area contributed by atoms with Crippen molar-refractivity contribution >= 4 is 56.4 Å². The van der Waals surface area contributed by atoms with Crippen LogP contribution in [0.4, 0.5) is 0 Å². The van der Waals surface area contributed by atoms with Crippen LogP contribution in [0, 0.1) is 0 Å². The molecule has 0 aliphatic heterocycles. The molecule has 9 aromatic rings. The Labute approximate surface area is 278 Å². The topological polar surface area (TPSA) is 56.0 Å². The largest absolute Gasteiger partial charge is 0.273 e. The number of fused-ring (bicyclic) bond motifs is 5. The van der Waals surface area contributed by atoms with E-state index in [0.717, 1.165) is 38.8 Å². The lowest BCUT2D eigenvalue weighted by Gasteiger charge is -2.34. The zero-order chi connectivity index (χ0) is 31.9. The summed E-state index contributed by atoms with van der Waals surface area (Å²) in [6.07, 6.45) is 1.82. The summed E-state index contributed by atoms with van der Waals surface area (Å²) in [5.74, 6) is 1.22. The molecule has 0 fully saturated rings. The first-order valence-corrected chi connectivity index (χ1v) is 18.1. The summed E-state index contributed by atoms with van der Waals surface area (Å²) in [4.78, 5) is 19.9. The molecule has 0 N–H and O–H groups in total. The van der Waals surface area contributed by atoms with E-state index in [-0.39, 0.29) is 0 Å². The molecule has 3 aromatic heterocycles. The van der Waals surface area contributed by atoms with Crippen molar-refractivity contribution in [2.45, 2.75) is 0 Å². The minimum Gasteiger partial charge on any atom is -0.273 e. The standard InChI is InChI=1S/C42H29N5Si/c1-4-14-31(15-5-1)48(32-16-6-2-7-17-32,33-18-8-3-9-19-33)34-26-24-30(25-27-34)36-28-29-43-40(44-36)42-45-37-21-11-10-20-35(37)41-46-38-22-12-13-23-39(38)47(41)42/h1-29H. The van der Waals surface area contributed by atoms with E-state index in [1.54, 1.807) is 0 Å². The van der Waals surface area contributed by atoms with E-state index in [4.69, 9.17) is 19.9 Å². The third-order valence-corrected chi connectivity index (χ3v) is 14.0. The van der Waals surface area contributed by atoms with Gasteiger partial charge in [-0.2, -0.15) is 0 Å². The molecular formula is C42H29N5Si. The molecule has 5 nitrogen and oxygen atoms in total. The van der Waals surface area contributed by atoms with Gasteiger partial charge in [-0.1, -0.05) is 140 Å². The van der Waals surface area contributed by atoms with Crippen LogP contribution < -0.4 is 20.7 Å². The number of benzene rings is 6. The fourth-order valence-electron chi connectivity index (χ4n) is 7.08. The Morgan fingerprint density at radius 1 is 0.438 bits per heavy atom. The van der Waals surface area contributed by atoms with E-state index < -0.39 is 8.07 Å². The highest BCUT2D eigenvalue weighted by Crippen LogP contribution is 2.29. The summed E-state index contributed by atoms with van der Waals surface area (Å²) in [7, 11) is -2.62. The van der Waals surface area contributed by atoms with Crippen LogP contribution in [0.5, 0.6) is 0 Å². The zero-order valence-electron chi connectivity index (χ0n) is 26.0. The molecular weight excluding hydrogens is 603 g/mol. The van der Waals surface area contributed by atoms with Crippen molar-refractivity contribution in [2.75, 3.05) is 0 Å². The number of hydrogen-bond acceptors (Lipinski definition) is 4. The summed E-state index contributed by atoms with van der Waals surface area (Å²) in [5, 5.41) is 6.34. The monoisotopic (exact) mass is 631 g/mol. The van der Waals surface area contributed by atoms with Crippen molar-refractivity contribution in [1.82, 2.24) is 24.3 Å². The summed E-state index contributed by atoms with van der Waals surface area (Å²) in [6.45, 7) is 0. The third kappa shape index (κ3) is 4.46. The molecule has 6 aromatic carbocycles. The highest BCUT2D eigenvalue weighted by Gasteiger charge is 2.41. The highest BCUT2D eigenvalue weighted by atomic mass is 28.3. The minimum atomic E-state index is -2.62. The number of rotatable bonds is 6. The highest BCUT2D eigenvalue weighted by molar-refractivity contribution is 7.19. The first kappa shape index (κ1) is 28.0. The maximum atomic E-state index is 5.11. The smallest absolute Gasteiger partial charge is 0.196 e. The Morgan fingerprint density at radius 2 is 0.979 bits per heavy atom. The first-order chi connectivity index (χ1) is 23.8. The minimum absolute atomic E-state index is 0.553. The Balaban J connectivity index is 1.21. The molecule has 0 bridgehead atoms. The van der Waals surface area contributed by atoms with Crippen molar-refractivity contribution in [3.05, 3.63) is 176 Å². The molecule has 0 aliphatic rings. The number of hydrogen-bond donors (Lipinski definition) is 0. The molecule has 226 valence electrons. The number of para-hydroxylation sites is 3. The Kier molecular flexibility index (Phi) is 6.73. The maximum Gasteiger partial charge on any atom is 0.196 e. The van der Waals surface area contributed by atoms with Gasteiger partial charge in [-0.25, -0.2) is 19.9 Å². The molecule has 0 aliphatic carbocycles. The van der Waals surface area contributed by atoms with Gasteiger partial charge in [0.2, 0.25) is 0 Å². The van der Waals surface area contributed by atoms with Gasteiger partial charge in [0, 0.05) is 17.1 Å². The van der Waals surface area contributed by atoms with Crippen molar-refractivity contribution < 1.29 is 0 Å². The van der Waals surface area contributed by atoms with Crippen LogP contribution in [0.15, 0.2) is 176 Å². The van der Waals surface area contributed by atoms with Gasteiger partial charge in [-0.15, -0.1) is 0 Å². The SMILES string of the molecule is c1ccc([Si](c2ccccc2)(c2ccccc2)c2ccc(-c3ccnc(-c4nc5ccccc5c5nc6ccccc6n45)n3)cc2)cc1. The number of imidazole rings is 1. The van der Waals surface area contributed by atoms with E-state index in [9.17, 15) is 0 Å². The maximum absolute atomic E-state index is 5.11. The first-order valence-electron chi connectivity index (χ1n) is 16.1. The molecule has 0 atom stereocenters. The summed E-state index contributed by atoms with van der Waals surface area (Å²) in [5.41, 5.74) is 5.45. The van der Waals surface area contributed by atoms with Crippen LogP contribution in [0.2, 0.25) is 0 Å². The second-order valence-electron chi connectivity index (χ2n) is 11.9. The van der Waals surface area contributed by atoms with Gasteiger partial charge in [-0.05, 0) is 51.1 Å². The van der Waals surface area contributed by atoms with E-state index in [0.29, 0.717) is 11.6 Å². The van der Waals surface area contributed by atoms with Crippen LogP contribution in [0.3, 0.4) is 0 Å². The van der Waals surface area contributed by atoms with Crippen LogP contribution in [-0.4, -0.2) is 32.4 Å². The van der Waals surface area contributed by atoms with Crippen LogP contribution in [-0.2, 0) is 0 Å². The van der Waals surface area contributed by atoms with Crippen molar-refractivity contribution in [1.29, 1.82) is 0 Å². The van der Waals surface area contributed by atoms with Gasteiger partial charge in [0.25, 0.3) is 0 Å². The lowest BCUT2D eigenvalue weighted by Crippen LogP contribution is -2.74. The normalized spacial score (nSPS) is 11.8. The average molecular weight is 632 g/mol. The van der Waals surface area contributed by atoms with Crippen molar-refractivity contribution in [3.63, 3.8) is 0 Å². The lowest BCUT2D eigenvalue weighted by atomic mass is 10.1. The molecule has 0 unspecified atom stereocenters. The molecule has 9 rings (SSSR count). The van der Waals surface area contributed by atoms with E-state index >= 15 is 0 Å². The summed E-state index contributed by atoms with van der Waals surface area (Å²) >= 11 is 0. The van der Waals surface area contributed by atoms with Gasteiger partial charge in [0.15, 0.2) is 19.7 Å². The molecule has 0 amide bonds. The number of nitrogens with zero attached hydrogens (tertiary/aromatic N) is 5. The predicted molar refractivity (Wildman–Crippen MR) is 198 cm³/mol. The molecule has 0 saturated carbocycles. The molecule has 0 radical (unpaired) electrons. The van der Waals surface area contributed by atoms with Crippen molar-refractivity contribution in [3.8, 4) is 22.9 Å². The molecule has 0 saturated heterocycles. The fourth-order valence-corrected chi connectivity index (χ4v) is 11.8. The van der Waals surface area contributed by atoms with E-state index in [1.807, 2.05) is 48.7 Å². The van der Waals surface area contributed by atoms with Crippen LogP contribution in [0.25, 0.3) is 50.5 Å². The van der Waals surface area contributed by atoms with Gasteiger partial charge in [-0.3, -0.25) is 4.40 Å². The van der Waals surface area contributed by atoms with Crippen LogP contribution >= 0.6 is 0 Å². The van der Waals surface area contributed by atoms with Gasteiger partial charge < -0.3 is 0 Å². The second kappa shape index (κ2) is 11.5. The third-order valence-electron chi connectivity index (χ3n) is 9.23. The summed E-state index contributed by atoms with van der Waals surface area (Å²) < 4.78 is 2.08. The lowest BCUT2D eigenvalue weighted by molar-refractivity contribution is 1.07. The van der Waals surface area contributed by atoms with E-state index in [1.165, 1.54) is 20.7 Å². The number of aromatic nitrogens is 5. The molecule has 48 heavy (non-hydrogen) atoms. The Bertz CT molecular complexity index is 2450. The summed E-state index contributed by atoms with van der Waals surface area (Å²) in [6, 6.07) is 60.1. The van der Waals surface area contributed by atoms with Crippen molar-refractivity contribution in [2.24, 2.45) is 0 Å².